The molecule has 0 bridgehead atoms. The summed E-state index contributed by atoms with van der Waals surface area (Å²) in [4.78, 5) is 47.0. The molecular formula is C13H19N3O5. The number of unbranched alkanes of at least 4 members (excludes halogenated alkanes) is 1. The molecule has 21 heavy (non-hydrogen) atoms. The highest BCUT2D eigenvalue weighted by molar-refractivity contribution is 6.07. The van der Waals surface area contributed by atoms with Gasteiger partial charge in [-0.2, -0.15) is 0 Å². The summed E-state index contributed by atoms with van der Waals surface area (Å²) < 4.78 is 0. The first-order valence-electron chi connectivity index (χ1n) is 7.06. The molecule has 0 aliphatic carbocycles. The molecule has 0 aromatic carbocycles. The number of nitrogens with zero attached hydrogens (tertiary/aromatic N) is 1. The fourth-order valence-corrected chi connectivity index (χ4v) is 2.73. The third-order valence-corrected chi connectivity index (χ3v) is 4.02. The monoisotopic (exact) mass is 297 g/mol. The van der Waals surface area contributed by atoms with Crippen LogP contribution in [0.25, 0.3) is 0 Å². The summed E-state index contributed by atoms with van der Waals surface area (Å²) in [5.41, 5.74) is -0.864. The summed E-state index contributed by atoms with van der Waals surface area (Å²) in [6, 6.07) is -0.478. The van der Waals surface area contributed by atoms with Gasteiger partial charge < -0.3 is 15.3 Å². The number of rotatable bonds is 5. The van der Waals surface area contributed by atoms with Gasteiger partial charge in [0.1, 0.15) is 5.54 Å². The maximum absolute atomic E-state index is 12.0. The van der Waals surface area contributed by atoms with Gasteiger partial charge in [-0.1, -0.05) is 0 Å². The SMILES string of the molecule is O=C(O)CCCCC(=O)N1CCC2(CC1)NC(=O)NC2=O. The van der Waals surface area contributed by atoms with Crippen LogP contribution >= 0.6 is 0 Å². The molecule has 3 N–H and O–H groups in total. The van der Waals surface area contributed by atoms with Crippen molar-refractivity contribution in [1.29, 1.82) is 0 Å². The third-order valence-electron chi connectivity index (χ3n) is 4.02. The van der Waals surface area contributed by atoms with E-state index in [0.29, 0.717) is 45.2 Å². The summed E-state index contributed by atoms with van der Waals surface area (Å²) in [6.45, 7) is 0.844. The van der Waals surface area contributed by atoms with Crippen LogP contribution in [-0.4, -0.2) is 52.4 Å². The van der Waals surface area contributed by atoms with Crippen molar-refractivity contribution < 1.29 is 24.3 Å². The molecule has 2 aliphatic heterocycles. The normalized spacial score (nSPS) is 20.3. The van der Waals surface area contributed by atoms with E-state index in [9.17, 15) is 19.2 Å². The molecule has 8 nitrogen and oxygen atoms in total. The van der Waals surface area contributed by atoms with E-state index in [1.807, 2.05) is 0 Å². The standard InChI is InChI=1S/C13H19N3O5/c17-9(3-1-2-4-10(18)19)16-7-5-13(6-8-16)11(20)14-12(21)15-13/h1-8H2,(H,18,19)(H2,14,15,20,21). The van der Waals surface area contributed by atoms with Crippen LogP contribution in [0, 0.1) is 0 Å². The minimum absolute atomic E-state index is 0.0278. The molecular weight excluding hydrogens is 278 g/mol. The highest BCUT2D eigenvalue weighted by atomic mass is 16.4. The fourth-order valence-electron chi connectivity index (χ4n) is 2.73. The quantitative estimate of drug-likeness (QED) is 0.481. The second-order valence-corrected chi connectivity index (χ2v) is 5.47. The van der Waals surface area contributed by atoms with E-state index in [1.54, 1.807) is 4.90 Å². The summed E-state index contributed by atoms with van der Waals surface area (Å²) in [5.74, 6) is -1.20. The Morgan fingerprint density at radius 3 is 2.29 bits per heavy atom. The Balaban J connectivity index is 1.76. The number of urea groups is 1. The van der Waals surface area contributed by atoms with Gasteiger partial charge in [0.15, 0.2) is 0 Å². The van der Waals surface area contributed by atoms with Crippen molar-refractivity contribution >= 4 is 23.8 Å². The van der Waals surface area contributed by atoms with Gasteiger partial charge in [-0.3, -0.25) is 19.7 Å². The molecule has 2 saturated heterocycles. The average molecular weight is 297 g/mol. The van der Waals surface area contributed by atoms with Gasteiger partial charge in [0.2, 0.25) is 5.91 Å². The van der Waals surface area contributed by atoms with E-state index in [4.69, 9.17) is 5.11 Å². The van der Waals surface area contributed by atoms with Gasteiger partial charge in [-0.25, -0.2) is 4.79 Å². The number of piperidine rings is 1. The summed E-state index contributed by atoms with van der Waals surface area (Å²) in [6.07, 6.45) is 2.24. The first-order chi connectivity index (χ1) is 9.93. The molecule has 0 saturated carbocycles. The predicted molar refractivity (Wildman–Crippen MR) is 71.3 cm³/mol. The number of aliphatic carboxylic acids is 1. The topological polar surface area (TPSA) is 116 Å². The van der Waals surface area contributed by atoms with E-state index >= 15 is 0 Å². The molecule has 0 unspecified atom stereocenters. The molecule has 4 amide bonds. The van der Waals surface area contributed by atoms with E-state index in [-0.39, 0.29) is 18.2 Å². The van der Waals surface area contributed by atoms with Crippen LogP contribution in [0.4, 0.5) is 4.79 Å². The van der Waals surface area contributed by atoms with Gasteiger partial charge in [0.25, 0.3) is 5.91 Å². The minimum Gasteiger partial charge on any atom is -0.481 e. The maximum atomic E-state index is 12.0. The highest BCUT2D eigenvalue weighted by Crippen LogP contribution is 2.25. The molecule has 2 aliphatic rings. The molecule has 0 aromatic heterocycles. The summed E-state index contributed by atoms with van der Waals surface area (Å²) in [7, 11) is 0. The van der Waals surface area contributed by atoms with Crippen LogP contribution in [-0.2, 0) is 14.4 Å². The van der Waals surface area contributed by atoms with Gasteiger partial charge in [0, 0.05) is 25.9 Å². The number of nitrogens with one attached hydrogen (secondary N) is 2. The van der Waals surface area contributed by atoms with Crippen LogP contribution in [0.5, 0.6) is 0 Å². The van der Waals surface area contributed by atoms with Crippen LogP contribution in [0.3, 0.4) is 0 Å². The Morgan fingerprint density at radius 2 is 1.76 bits per heavy atom. The lowest BCUT2D eigenvalue weighted by Gasteiger charge is -2.37. The fraction of sp³-hybridized carbons (Fsp3) is 0.692. The summed E-state index contributed by atoms with van der Waals surface area (Å²) in [5, 5.41) is 13.4. The Morgan fingerprint density at radius 1 is 1.14 bits per heavy atom. The molecule has 0 radical (unpaired) electrons. The Hall–Kier alpha value is -2.12. The second kappa shape index (κ2) is 6.11. The van der Waals surface area contributed by atoms with Crippen molar-refractivity contribution in [2.75, 3.05) is 13.1 Å². The molecule has 2 heterocycles. The van der Waals surface area contributed by atoms with Gasteiger partial charge in [-0.05, 0) is 25.7 Å². The first-order valence-corrected chi connectivity index (χ1v) is 7.06. The lowest BCUT2D eigenvalue weighted by Crippen LogP contribution is -2.55. The van der Waals surface area contributed by atoms with E-state index in [0.717, 1.165) is 0 Å². The van der Waals surface area contributed by atoms with Crippen molar-refractivity contribution in [3.05, 3.63) is 0 Å². The average Bonchev–Trinajstić information content (AvgIpc) is 2.69. The van der Waals surface area contributed by atoms with Crippen molar-refractivity contribution in [3.8, 4) is 0 Å². The molecule has 116 valence electrons. The van der Waals surface area contributed by atoms with Crippen LogP contribution in [0.1, 0.15) is 38.5 Å². The molecule has 2 rings (SSSR count). The zero-order valence-electron chi connectivity index (χ0n) is 11.7. The third kappa shape index (κ3) is 3.50. The Labute approximate surface area is 121 Å². The smallest absolute Gasteiger partial charge is 0.322 e. The number of carboxylic acids is 1. The van der Waals surface area contributed by atoms with Crippen LogP contribution < -0.4 is 10.6 Å². The number of amides is 4. The summed E-state index contributed by atoms with van der Waals surface area (Å²) >= 11 is 0. The van der Waals surface area contributed by atoms with E-state index in [2.05, 4.69) is 10.6 Å². The molecule has 0 aromatic rings. The molecule has 2 fully saturated rings. The lowest BCUT2D eigenvalue weighted by molar-refractivity contribution is -0.138. The predicted octanol–water partition coefficient (Wildman–Crippen LogP) is -0.168. The van der Waals surface area contributed by atoms with E-state index < -0.39 is 17.5 Å². The number of imide groups is 1. The van der Waals surface area contributed by atoms with Crippen molar-refractivity contribution in [2.24, 2.45) is 0 Å². The number of carbonyl (C=O) groups is 4. The first kappa shape index (κ1) is 15.3. The largest absolute Gasteiger partial charge is 0.481 e. The van der Waals surface area contributed by atoms with Gasteiger partial charge >= 0.3 is 12.0 Å². The molecule has 0 atom stereocenters. The molecule has 8 heteroatoms. The number of hydrogen-bond acceptors (Lipinski definition) is 4. The van der Waals surface area contributed by atoms with Gasteiger partial charge in [-0.15, -0.1) is 0 Å². The number of hydrogen-bond donors (Lipinski definition) is 3. The van der Waals surface area contributed by atoms with Crippen molar-refractivity contribution in [3.63, 3.8) is 0 Å². The lowest BCUT2D eigenvalue weighted by atomic mass is 9.87. The maximum Gasteiger partial charge on any atom is 0.322 e. The zero-order valence-corrected chi connectivity index (χ0v) is 11.7. The highest BCUT2D eigenvalue weighted by Gasteiger charge is 2.48. The molecule has 1 spiro atoms. The zero-order chi connectivity index (χ0) is 15.5. The number of carboxylic acid groups (broad SMARTS) is 1. The minimum atomic E-state index is -0.864. The van der Waals surface area contributed by atoms with Crippen molar-refractivity contribution in [2.45, 2.75) is 44.1 Å². The van der Waals surface area contributed by atoms with Gasteiger partial charge in [0.05, 0.1) is 0 Å². The Kier molecular flexibility index (Phi) is 4.44. The number of carbonyl (C=O) groups excluding carboxylic acids is 3. The van der Waals surface area contributed by atoms with Crippen LogP contribution in [0.15, 0.2) is 0 Å². The van der Waals surface area contributed by atoms with Crippen LogP contribution in [0.2, 0.25) is 0 Å². The number of likely N-dealkylation sites (tertiary alicyclic amines) is 1. The second-order valence-electron chi connectivity index (χ2n) is 5.47. The van der Waals surface area contributed by atoms with Crippen molar-refractivity contribution in [1.82, 2.24) is 15.5 Å². The Bertz CT molecular complexity index is 468. The van der Waals surface area contributed by atoms with E-state index in [1.165, 1.54) is 0 Å².